The second-order valence-electron chi connectivity index (χ2n) is 5.12. The fraction of sp³-hybridized carbons (Fsp3) is 0.533. The zero-order valence-corrected chi connectivity index (χ0v) is 13.0. The number of methoxy groups -OCH3 is 1. The first kappa shape index (κ1) is 17.8. The van der Waals surface area contributed by atoms with E-state index >= 15 is 0 Å². The number of halogens is 1. The molecule has 1 fully saturated rings. The maximum absolute atomic E-state index is 11.8. The second-order valence-corrected chi connectivity index (χ2v) is 5.12. The van der Waals surface area contributed by atoms with Crippen molar-refractivity contribution in [1.29, 1.82) is 0 Å². The van der Waals surface area contributed by atoms with E-state index < -0.39 is 0 Å². The lowest BCUT2D eigenvalue weighted by Crippen LogP contribution is -2.32. The van der Waals surface area contributed by atoms with Gasteiger partial charge in [0.05, 0.1) is 13.2 Å². The highest BCUT2D eigenvalue weighted by molar-refractivity contribution is 5.91. The number of rotatable bonds is 5. The molecule has 2 rings (SSSR count). The van der Waals surface area contributed by atoms with E-state index in [1.807, 2.05) is 0 Å². The molecule has 21 heavy (non-hydrogen) atoms. The highest BCUT2D eigenvalue weighted by atomic mass is 35.5. The standard InChI is InChI=1S/C15H22N2O3.ClH/c1-19-13-8-4-12(5-9-13)17-15(18)10-20-14-6-2-11(16)3-7-14;/h4-5,8-9,11,14H,2-3,6-7,10,16H2,1H3,(H,17,18);1H. The molecule has 1 aromatic rings. The maximum Gasteiger partial charge on any atom is 0.250 e. The predicted molar refractivity (Wildman–Crippen MR) is 85.1 cm³/mol. The summed E-state index contributed by atoms with van der Waals surface area (Å²) < 4.78 is 10.7. The number of amides is 1. The Morgan fingerprint density at radius 3 is 2.43 bits per heavy atom. The Morgan fingerprint density at radius 1 is 1.24 bits per heavy atom. The van der Waals surface area contributed by atoms with Gasteiger partial charge in [0.2, 0.25) is 5.91 Å². The fourth-order valence-corrected chi connectivity index (χ4v) is 2.32. The third kappa shape index (κ3) is 5.91. The highest BCUT2D eigenvalue weighted by Crippen LogP contribution is 2.20. The number of carbonyl (C=O) groups is 1. The van der Waals surface area contributed by atoms with Gasteiger partial charge in [0.15, 0.2) is 0 Å². The van der Waals surface area contributed by atoms with Gasteiger partial charge in [-0.3, -0.25) is 4.79 Å². The van der Waals surface area contributed by atoms with Crippen molar-refractivity contribution < 1.29 is 14.3 Å². The van der Waals surface area contributed by atoms with E-state index in [-0.39, 0.29) is 31.0 Å². The van der Waals surface area contributed by atoms with Crippen LogP contribution >= 0.6 is 12.4 Å². The van der Waals surface area contributed by atoms with E-state index in [9.17, 15) is 4.79 Å². The lowest BCUT2D eigenvalue weighted by molar-refractivity contribution is -0.123. The summed E-state index contributed by atoms with van der Waals surface area (Å²) in [6.07, 6.45) is 4.00. The molecule has 0 aromatic heterocycles. The molecular formula is C15H23ClN2O3. The van der Waals surface area contributed by atoms with Crippen LogP contribution in [0.1, 0.15) is 25.7 Å². The fourth-order valence-electron chi connectivity index (χ4n) is 2.32. The molecule has 6 heteroatoms. The van der Waals surface area contributed by atoms with E-state index in [1.165, 1.54) is 0 Å². The second kappa shape index (κ2) is 8.87. The molecule has 0 bridgehead atoms. The van der Waals surface area contributed by atoms with Gasteiger partial charge in [-0.25, -0.2) is 0 Å². The first-order chi connectivity index (χ1) is 9.67. The van der Waals surface area contributed by atoms with Gasteiger partial charge in [0.25, 0.3) is 0 Å². The number of hydrogen-bond donors (Lipinski definition) is 2. The lowest BCUT2D eigenvalue weighted by atomic mass is 9.94. The van der Waals surface area contributed by atoms with Gasteiger partial charge >= 0.3 is 0 Å². The van der Waals surface area contributed by atoms with Crippen LogP contribution in [0, 0.1) is 0 Å². The van der Waals surface area contributed by atoms with Crippen LogP contribution < -0.4 is 15.8 Å². The van der Waals surface area contributed by atoms with E-state index in [0.717, 1.165) is 37.1 Å². The molecule has 0 atom stereocenters. The summed E-state index contributed by atoms with van der Waals surface area (Å²) >= 11 is 0. The van der Waals surface area contributed by atoms with Gasteiger partial charge in [0, 0.05) is 11.7 Å². The zero-order valence-electron chi connectivity index (χ0n) is 12.2. The first-order valence-electron chi connectivity index (χ1n) is 6.98. The van der Waals surface area contributed by atoms with Crippen LogP contribution in [0.2, 0.25) is 0 Å². The highest BCUT2D eigenvalue weighted by Gasteiger charge is 2.19. The van der Waals surface area contributed by atoms with Crippen LogP contribution in [0.15, 0.2) is 24.3 Å². The van der Waals surface area contributed by atoms with Gasteiger partial charge < -0.3 is 20.5 Å². The molecule has 3 N–H and O–H groups in total. The van der Waals surface area contributed by atoms with Crippen molar-refractivity contribution in [3.63, 3.8) is 0 Å². The molecule has 118 valence electrons. The Balaban J connectivity index is 0.00000220. The van der Waals surface area contributed by atoms with Gasteiger partial charge in [-0.2, -0.15) is 0 Å². The zero-order chi connectivity index (χ0) is 14.4. The Hall–Kier alpha value is -1.30. The molecule has 1 amide bonds. The summed E-state index contributed by atoms with van der Waals surface area (Å²) in [5.74, 6) is 0.628. The van der Waals surface area contributed by atoms with Crippen LogP contribution in [-0.4, -0.2) is 31.8 Å². The summed E-state index contributed by atoms with van der Waals surface area (Å²) in [5.41, 5.74) is 6.57. The molecule has 5 nitrogen and oxygen atoms in total. The Bertz CT molecular complexity index is 431. The molecule has 1 aliphatic rings. The van der Waals surface area contributed by atoms with Crippen molar-refractivity contribution >= 4 is 24.0 Å². The lowest BCUT2D eigenvalue weighted by Gasteiger charge is -2.25. The minimum Gasteiger partial charge on any atom is -0.497 e. The van der Waals surface area contributed by atoms with Crippen LogP contribution in [0.4, 0.5) is 5.69 Å². The minimum absolute atomic E-state index is 0. The largest absolute Gasteiger partial charge is 0.497 e. The van der Waals surface area contributed by atoms with E-state index in [4.69, 9.17) is 15.2 Å². The van der Waals surface area contributed by atoms with Gasteiger partial charge in [-0.15, -0.1) is 12.4 Å². The number of anilines is 1. The molecule has 1 aliphatic carbocycles. The molecule has 0 unspecified atom stereocenters. The third-order valence-electron chi connectivity index (χ3n) is 3.54. The Morgan fingerprint density at radius 2 is 1.86 bits per heavy atom. The SMILES string of the molecule is COc1ccc(NC(=O)COC2CCC(N)CC2)cc1.Cl. The average Bonchev–Trinajstić information content (AvgIpc) is 2.47. The quantitative estimate of drug-likeness (QED) is 0.875. The van der Waals surface area contributed by atoms with Gasteiger partial charge in [-0.05, 0) is 49.9 Å². The maximum atomic E-state index is 11.8. The molecule has 1 saturated carbocycles. The van der Waals surface area contributed by atoms with Gasteiger partial charge in [0.1, 0.15) is 12.4 Å². The molecule has 0 aliphatic heterocycles. The number of benzene rings is 1. The molecule has 0 radical (unpaired) electrons. The number of nitrogens with two attached hydrogens (primary N) is 1. The molecular weight excluding hydrogens is 292 g/mol. The summed E-state index contributed by atoms with van der Waals surface area (Å²) in [6, 6.07) is 7.51. The molecule has 0 heterocycles. The van der Waals surface area contributed by atoms with Crippen molar-refractivity contribution in [2.24, 2.45) is 5.73 Å². The molecule has 0 saturated heterocycles. The normalized spacial score (nSPS) is 21.2. The average molecular weight is 315 g/mol. The van der Waals surface area contributed by atoms with Crippen molar-refractivity contribution in [2.45, 2.75) is 37.8 Å². The topological polar surface area (TPSA) is 73.6 Å². The number of carbonyl (C=O) groups excluding carboxylic acids is 1. The van der Waals surface area contributed by atoms with Crippen molar-refractivity contribution in [3.05, 3.63) is 24.3 Å². The summed E-state index contributed by atoms with van der Waals surface area (Å²) in [6.45, 7) is 0.0892. The summed E-state index contributed by atoms with van der Waals surface area (Å²) in [5, 5.41) is 2.80. The summed E-state index contributed by atoms with van der Waals surface area (Å²) in [4.78, 5) is 11.8. The smallest absolute Gasteiger partial charge is 0.250 e. The monoisotopic (exact) mass is 314 g/mol. The third-order valence-corrected chi connectivity index (χ3v) is 3.54. The van der Waals surface area contributed by atoms with E-state index in [1.54, 1.807) is 31.4 Å². The minimum atomic E-state index is -0.134. The molecule has 0 spiro atoms. The van der Waals surface area contributed by atoms with Gasteiger partial charge in [-0.1, -0.05) is 0 Å². The summed E-state index contributed by atoms with van der Waals surface area (Å²) in [7, 11) is 1.61. The van der Waals surface area contributed by atoms with E-state index in [2.05, 4.69) is 5.32 Å². The Labute approximate surface area is 131 Å². The number of nitrogens with one attached hydrogen (secondary N) is 1. The van der Waals surface area contributed by atoms with Crippen LogP contribution in [0.3, 0.4) is 0 Å². The van der Waals surface area contributed by atoms with Crippen molar-refractivity contribution in [3.8, 4) is 5.75 Å². The van der Waals surface area contributed by atoms with Crippen LogP contribution in [-0.2, 0) is 9.53 Å². The first-order valence-corrected chi connectivity index (χ1v) is 6.98. The molecule has 1 aromatic carbocycles. The van der Waals surface area contributed by atoms with Crippen molar-refractivity contribution in [2.75, 3.05) is 19.0 Å². The Kier molecular flexibility index (Phi) is 7.50. The van der Waals surface area contributed by atoms with Crippen LogP contribution in [0.5, 0.6) is 5.75 Å². The van der Waals surface area contributed by atoms with Crippen LogP contribution in [0.25, 0.3) is 0 Å². The number of ether oxygens (including phenoxy) is 2. The van der Waals surface area contributed by atoms with Crippen molar-refractivity contribution in [1.82, 2.24) is 0 Å². The van der Waals surface area contributed by atoms with E-state index in [0.29, 0.717) is 6.04 Å². The predicted octanol–water partition coefficient (Wildman–Crippen LogP) is 2.34. The number of hydrogen-bond acceptors (Lipinski definition) is 4.